The monoisotopic (exact) mass is 324 g/mol. The van der Waals surface area contributed by atoms with Crippen LogP contribution in [0.5, 0.6) is 0 Å². The second-order valence-corrected chi connectivity index (χ2v) is 5.99. The zero-order valence-corrected chi connectivity index (χ0v) is 14.2. The van der Waals surface area contributed by atoms with E-state index in [1.807, 2.05) is 97.9 Å². The summed E-state index contributed by atoms with van der Waals surface area (Å²) >= 11 is 0. The lowest BCUT2D eigenvalue weighted by molar-refractivity contribution is 0.155. The van der Waals surface area contributed by atoms with Gasteiger partial charge in [0.2, 0.25) is 0 Å². The Labute approximate surface area is 149 Å². The topological polar surface area (TPSA) is 20.2 Å². The van der Waals surface area contributed by atoms with Gasteiger partial charge in [0.1, 0.15) is 0 Å². The van der Waals surface area contributed by atoms with Crippen LogP contribution in [0.1, 0.15) is 22.3 Å². The van der Waals surface area contributed by atoms with Gasteiger partial charge in [0.25, 0.3) is 0 Å². The largest absolute Gasteiger partial charge is 0.370 e. The highest BCUT2D eigenvalue weighted by Crippen LogP contribution is 2.24. The predicted octanol–water partition coefficient (Wildman–Crippen LogP) is 4.95. The molecule has 3 aromatic rings. The summed E-state index contributed by atoms with van der Waals surface area (Å²) in [5.41, 5.74) is 2.46. The van der Waals surface area contributed by atoms with Crippen LogP contribution in [0.3, 0.4) is 0 Å². The van der Waals surface area contributed by atoms with Crippen LogP contribution in [0.2, 0.25) is 0 Å². The molecule has 25 heavy (non-hydrogen) atoms. The van der Waals surface area contributed by atoms with Crippen molar-refractivity contribution in [1.29, 1.82) is 0 Å². The Balaban J connectivity index is 2.00. The second kappa shape index (κ2) is 7.66. The molecule has 1 N–H and O–H groups in total. The fourth-order valence-electron chi connectivity index (χ4n) is 2.49. The van der Waals surface area contributed by atoms with Gasteiger partial charge in [-0.2, -0.15) is 0 Å². The van der Waals surface area contributed by atoms with E-state index in [1.54, 1.807) is 6.08 Å². The van der Waals surface area contributed by atoms with E-state index in [1.165, 1.54) is 0 Å². The van der Waals surface area contributed by atoms with Gasteiger partial charge in [-0.1, -0.05) is 96.3 Å². The minimum absolute atomic E-state index is 0.758. The van der Waals surface area contributed by atoms with Crippen molar-refractivity contribution in [2.45, 2.75) is 12.5 Å². The molecule has 0 aliphatic carbocycles. The van der Waals surface area contributed by atoms with E-state index in [4.69, 9.17) is 0 Å². The van der Waals surface area contributed by atoms with Crippen LogP contribution < -0.4 is 0 Å². The Bertz CT molecular complexity index is 897. The third-order valence-electron chi connectivity index (χ3n) is 3.98. The van der Waals surface area contributed by atoms with Gasteiger partial charge in [-0.3, -0.25) is 0 Å². The third kappa shape index (κ3) is 4.47. The molecule has 3 aromatic carbocycles. The van der Waals surface area contributed by atoms with Crippen molar-refractivity contribution in [2.24, 2.45) is 0 Å². The number of aliphatic hydroxyl groups is 1. The summed E-state index contributed by atoms with van der Waals surface area (Å²) < 4.78 is 0. The number of rotatable bonds is 3. The van der Waals surface area contributed by atoms with Gasteiger partial charge >= 0.3 is 0 Å². The van der Waals surface area contributed by atoms with Gasteiger partial charge in [0.05, 0.1) is 0 Å². The Morgan fingerprint density at radius 3 is 2.04 bits per heavy atom. The summed E-state index contributed by atoms with van der Waals surface area (Å²) in [5.74, 6) is 6.12. The van der Waals surface area contributed by atoms with Crippen LogP contribution in [-0.2, 0) is 5.60 Å². The summed E-state index contributed by atoms with van der Waals surface area (Å²) in [7, 11) is 0. The molecule has 0 heterocycles. The smallest absolute Gasteiger partial charge is 0.170 e. The molecular formula is C24H20O. The van der Waals surface area contributed by atoms with Crippen LogP contribution >= 0.6 is 0 Å². The normalized spacial score (nSPS) is 13.0. The molecular weight excluding hydrogens is 304 g/mol. The van der Waals surface area contributed by atoms with Crippen molar-refractivity contribution in [3.05, 3.63) is 113 Å². The molecule has 0 bridgehead atoms. The lowest BCUT2D eigenvalue weighted by Gasteiger charge is -2.19. The maximum atomic E-state index is 11.2. The van der Waals surface area contributed by atoms with E-state index in [-0.39, 0.29) is 0 Å². The highest BCUT2D eigenvalue weighted by molar-refractivity contribution is 5.54. The Morgan fingerprint density at radius 1 is 0.800 bits per heavy atom. The molecule has 1 heteroatoms. The zero-order valence-electron chi connectivity index (χ0n) is 14.2. The zero-order chi connectivity index (χ0) is 17.5. The van der Waals surface area contributed by atoms with Gasteiger partial charge in [-0.25, -0.2) is 0 Å². The van der Waals surface area contributed by atoms with Gasteiger partial charge < -0.3 is 5.11 Å². The summed E-state index contributed by atoms with van der Waals surface area (Å²) in [6, 6.07) is 27.4. The molecule has 122 valence electrons. The molecule has 3 rings (SSSR count). The molecule has 0 saturated carbocycles. The average Bonchev–Trinajstić information content (AvgIpc) is 2.67. The van der Waals surface area contributed by atoms with Crippen LogP contribution in [0.15, 0.2) is 91.0 Å². The number of aryl methyl sites for hydroxylation is 1. The lowest BCUT2D eigenvalue weighted by atomic mass is 9.92. The van der Waals surface area contributed by atoms with Crippen LogP contribution in [0, 0.1) is 18.8 Å². The van der Waals surface area contributed by atoms with Crippen molar-refractivity contribution in [1.82, 2.24) is 0 Å². The summed E-state index contributed by atoms with van der Waals surface area (Å²) in [5, 5.41) is 11.2. The van der Waals surface area contributed by atoms with Gasteiger partial charge in [0, 0.05) is 5.56 Å². The van der Waals surface area contributed by atoms with E-state index in [2.05, 4.69) is 11.8 Å². The average molecular weight is 324 g/mol. The molecule has 0 aliphatic rings. The van der Waals surface area contributed by atoms with Crippen molar-refractivity contribution in [3.8, 4) is 11.8 Å². The maximum absolute atomic E-state index is 11.2. The van der Waals surface area contributed by atoms with Gasteiger partial charge in [0.15, 0.2) is 5.60 Å². The first kappa shape index (κ1) is 16.8. The quantitative estimate of drug-likeness (QED) is 0.676. The molecule has 1 unspecified atom stereocenters. The molecule has 0 aliphatic heterocycles. The molecule has 0 aromatic heterocycles. The molecule has 0 saturated heterocycles. The predicted molar refractivity (Wildman–Crippen MR) is 104 cm³/mol. The van der Waals surface area contributed by atoms with E-state index in [0.29, 0.717) is 0 Å². The fourth-order valence-corrected chi connectivity index (χ4v) is 2.49. The van der Waals surface area contributed by atoms with Crippen molar-refractivity contribution in [2.75, 3.05) is 0 Å². The fraction of sp³-hybridized carbons (Fsp3) is 0.0833. The molecule has 1 atom stereocenters. The van der Waals surface area contributed by atoms with Gasteiger partial charge in [-0.15, -0.1) is 0 Å². The van der Waals surface area contributed by atoms with Crippen molar-refractivity contribution in [3.63, 3.8) is 0 Å². The summed E-state index contributed by atoms with van der Waals surface area (Å²) in [6.45, 7) is 2.03. The third-order valence-corrected chi connectivity index (χ3v) is 3.98. The number of hydrogen-bond donors (Lipinski definition) is 1. The van der Waals surface area contributed by atoms with E-state index in [9.17, 15) is 5.11 Å². The molecule has 0 spiro atoms. The highest BCUT2D eigenvalue weighted by atomic mass is 16.3. The minimum Gasteiger partial charge on any atom is -0.370 e. The highest BCUT2D eigenvalue weighted by Gasteiger charge is 2.23. The van der Waals surface area contributed by atoms with Gasteiger partial charge in [-0.05, 0) is 36.3 Å². The van der Waals surface area contributed by atoms with Crippen molar-refractivity contribution < 1.29 is 5.11 Å². The van der Waals surface area contributed by atoms with Crippen LogP contribution in [0.4, 0.5) is 0 Å². The SMILES string of the molecule is Cc1ccc(C(O)(C#Cc2ccccc2)/C=C/c2ccccc2)cc1. The first-order valence-corrected chi connectivity index (χ1v) is 8.28. The maximum Gasteiger partial charge on any atom is 0.170 e. The van der Waals surface area contributed by atoms with E-state index in [0.717, 1.165) is 22.3 Å². The summed E-state index contributed by atoms with van der Waals surface area (Å²) in [4.78, 5) is 0. The number of benzene rings is 3. The number of hydrogen-bond acceptors (Lipinski definition) is 1. The molecule has 1 nitrogen and oxygen atoms in total. The van der Waals surface area contributed by atoms with E-state index >= 15 is 0 Å². The lowest BCUT2D eigenvalue weighted by Crippen LogP contribution is -2.20. The van der Waals surface area contributed by atoms with Crippen LogP contribution in [0.25, 0.3) is 6.08 Å². The minimum atomic E-state index is -1.35. The molecule has 0 amide bonds. The first-order chi connectivity index (χ1) is 12.2. The first-order valence-electron chi connectivity index (χ1n) is 8.28. The van der Waals surface area contributed by atoms with Crippen molar-refractivity contribution >= 4 is 6.08 Å². The Morgan fingerprint density at radius 2 is 1.40 bits per heavy atom. The van der Waals surface area contributed by atoms with Crippen LogP contribution in [-0.4, -0.2) is 5.11 Å². The van der Waals surface area contributed by atoms with E-state index < -0.39 is 5.60 Å². The standard InChI is InChI=1S/C24H20O/c1-20-12-14-23(15-13-20)24(25,18-16-21-8-4-2-5-9-21)19-17-22-10-6-3-7-11-22/h2-16,18,25H,1H3/b18-16+. The molecule has 0 radical (unpaired) electrons. The Hall–Kier alpha value is -3.08. The Kier molecular flexibility index (Phi) is 5.14. The molecule has 0 fully saturated rings. The second-order valence-electron chi connectivity index (χ2n) is 5.99. The summed E-state index contributed by atoms with van der Waals surface area (Å²) in [6.07, 6.45) is 3.66.